The molecule has 1 saturated heterocycles. The van der Waals surface area contributed by atoms with Crippen LogP contribution in [0.4, 0.5) is 4.79 Å². The third kappa shape index (κ3) is 1.12. The van der Waals surface area contributed by atoms with Crippen molar-refractivity contribution in [1.82, 2.24) is 5.32 Å². The predicted molar refractivity (Wildman–Crippen MR) is 32.1 cm³/mol. The van der Waals surface area contributed by atoms with E-state index in [0.717, 1.165) is 0 Å². The number of ether oxygens (including phenoxy) is 1. The summed E-state index contributed by atoms with van der Waals surface area (Å²) >= 11 is 3.19. The summed E-state index contributed by atoms with van der Waals surface area (Å²) in [6.07, 6.45) is -0.281. The first-order valence-corrected chi connectivity index (χ1v) is 3.45. The van der Waals surface area contributed by atoms with Gasteiger partial charge in [-0.3, -0.25) is 0 Å². The van der Waals surface area contributed by atoms with Gasteiger partial charge in [0.15, 0.2) is 0 Å². The highest BCUT2D eigenvalue weighted by molar-refractivity contribution is 9.09. The average Bonchev–Trinajstić information content (AvgIpc) is 2.14. The first kappa shape index (κ1) is 5.88. The van der Waals surface area contributed by atoms with Gasteiger partial charge in [0.05, 0.1) is 6.54 Å². The number of cyclic esters (lactones) is 1. The number of hydrogen-bond donors (Lipinski definition) is 1. The molecule has 0 spiro atoms. The molecule has 1 rings (SSSR count). The largest absolute Gasteiger partial charge is 0.443 e. The van der Waals surface area contributed by atoms with Gasteiger partial charge in [0.25, 0.3) is 0 Å². The molecule has 0 aliphatic carbocycles. The van der Waals surface area contributed by atoms with Gasteiger partial charge in [-0.25, -0.2) is 4.79 Å². The molecule has 4 heteroatoms. The molecule has 1 atom stereocenters. The van der Waals surface area contributed by atoms with Crippen molar-refractivity contribution in [3.05, 3.63) is 0 Å². The monoisotopic (exact) mass is 179 g/mol. The summed E-state index contributed by atoms with van der Waals surface area (Å²) < 4.78 is 4.71. The third-order valence-electron chi connectivity index (χ3n) is 0.920. The summed E-state index contributed by atoms with van der Waals surface area (Å²) in [6.45, 7) is 0.629. The molecule has 0 bridgehead atoms. The quantitative estimate of drug-likeness (QED) is 0.596. The number of halogens is 1. The normalized spacial score (nSPS) is 27.1. The molecule has 1 unspecified atom stereocenters. The van der Waals surface area contributed by atoms with E-state index >= 15 is 0 Å². The number of alkyl carbamates (subject to hydrolysis) is 1. The van der Waals surface area contributed by atoms with Gasteiger partial charge in [0, 0.05) is 5.33 Å². The summed E-state index contributed by atoms with van der Waals surface area (Å²) in [5.74, 6) is 0. The number of carbonyl (C=O) groups is 1. The Labute approximate surface area is 55.5 Å². The Morgan fingerprint density at radius 1 is 2.00 bits per heavy atom. The molecule has 0 aromatic carbocycles. The zero-order valence-corrected chi connectivity index (χ0v) is 5.77. The smallest absolute Gasteiger partial charge is 0.407 e. The minimum absolute atomic E-state index is 0.0301. The fourth-order valence-electron chi connectivity index (χ4n) is 0.518. The fourth-order valence-corrected chi connectivity index (χ4v) is 0.879. The summed E-state index contributed by atoms with van der Waals surface area (Å²) in [6, 6.07) is 0. The van der Waals surface area contributed by atoms with Crippen LogP contribution in [-0.4, -0.2) is 24.1 Å². The molecule has 1 heterocycles. The molecule has 0 aromatic rings. The van der Waals surface area contributed by atoms with E-state index in [1.807, 2.05) is 0 Å². The molecule has 1 N–H and O–H groups in total. The lowest BCUT2D eigenvalue weighted by molar-refractivity contribution is 0.150. The van der Waals surface area contributed by atoms with E-state index in [0.29, 0.717) is 11.9 Å². The van der Waals surface area contributed by atoms with Crippen molar-refractivity contribution in [2.75, 3.05) is 11.9 Å². The first-order valence-electron chi connectivity index (χ1n) is 2.33. The maximum Gasteiger partial charge on any atom is 0.407 e. The first-order chi connectivity index (χ1) is 3.83. The van der Waals surface area contributed by atoms with Gasteiger partial charge in [-0.1, -0.05) is 15.9 Å². The van der Waals surface area contributed by atoms with Gasteiger partial charge >= 0.3 is 6.09 Å². The average molecular weight is 180 g/mol. The van der Waals surface area contributed by atoms with Gasteiger partial charge in [-0.2, -0.15) is 0 Å². The van der Waals surface area contributed by atoms with E-state index in [1.165, 1.54) is 0 Å². The van der Waals surface area contributed by atoms with E-state index < -0.39 is 0 Å². The number of nitrogens with one attached hydrogen (secondary N) is 1. The minimum Gasteiger partial charge on any atom is -0.443 e. The Hall–Kier alpha value is -0.250. The molecular formula is C4H6BrNO2. The summed E-state index contributed by atoms with van der Waals surface area (Å²) in [5, 5.41) is 3.24. The van der Waals surface area contributed by atoms with Crippen LogP contribution in [0.1, 0.15) is 0 Å². The van der Waals surface area contributed by atoms with Crippen molar-refractivity contribution < 1.29 is 9.53 Å². The SMILES string of the molecule is O=C1NCC(CBr)O1. The number of hydrogen-bond acceptors (Lipinski definition) is 2. The van der Waals surface area contributed by atoms with Crippen LogP contribution in [0.25, 0.3) is 0 Å². The topological polar surface area (TPSA) is 38.3 Å². The van der Waals surface area contributed by atoms with Crippen LogP contribution in [0, 0.1) is 0 Å². The van der Waals surface area contributed by atoms with Gasteiger partial charge in [-0.15, -0.1) is 0 Å². The molecule has 8 heavy (non-hydrogen) atoms. The van der Waals surface area contributed by atoms with E-state index in [9.17, 15) is 4.79 Å². The van der Waals surface area contributed by atoms with Gasteiger partial charge in [0.2, 0.25) is 0 Å². The lowest BCUT2D eigenvalue weighted by Gasteiger charge is -1.98. The second-order valence-electron chi connectivity index (χ2n) is 1.56. The molecule has 1 aliphatic rings. The molecular weight excluding hydrogens is 174 g/mol. The molecule has 0 aromatic heterocycles. The lowest BCUT2D eigenvalue weighted by atomic mass is 10.4. The van der Waals surface area contributed by atoms with Crippen molar-refractivity contribution in [1.29, 1.82) is 0 Å². The zero-order valence-electron chi connectivity index (χ0n) is 4.19. The molecule has 3 nitrogen and oxygen atoms in total. The predicted octanol–water partition coefficient (Wildman–Crippen LogP) is 0.490. The number of amides is 1. The van der Waals surface area contributed by atoms with Crippen LogP contribution < -0.4 is 5.32 Å². The molecule has 1 fully saturated rings. The highest BCUT2D eigenvalue weighted by Gasteiger charge is 2.20. The van der Waals surface area contributed by atoms with Crippen LogP contribution in [0.2, 0.25) is 0 Å². The van der Waals surface area contributed by atoms with Crippen LogP contribution in [0.5, 0.6) is 0 Å². The standard InChI is InChI=1S/C4H6BrNO2/c5-1-3-2-6-4(7)8-3/h3H,1-2H2,(H,6,7). The number of rotatable bonds is 1. The second kappa shape index (κ2) is 2.35. The van der Waals surface area contributed by atoms with Gasteiger partial charge < -0.3 is 10.1 Å². The Morgan fingerprint density at radius 2 is 2.75 bits per heavy atom. The Balaban J connectivity index is 2.32. The van der Waals surface area contributed by atoms with Crippen molar-refractivity contribution >= 4 is 22.0 Å². The Kier molecular flexibility index (Phi) is 1.73. The van der Waals surface area contributed by atoms with E-state index in [-0.39, 0.29) is 12.2 Å². The van der Waals surface area contributed by atoms with Crippen LogP contribution in [0.3, 0.4) is 0 Å². The van der Waals surface area contributed by atoms with Gasteiger partial charge in [0.1, 0.15) is 6.10 Å². The molecule has 0 radical (unpaired) electrons. The summed E-state index contributed by atoms with van der Waals surface area (Å²) in [7, 11) is 0. The maximum absolute atomic E-state index is 10.3. The lowest BCUT2D eigenvalue weighted by Crippen LogP contribution is -2.15. The summed E-state index contributed by atoms with van der Waals surface area (Å²) in [5.41, 5.74) is 0. The third-order valence-corrected chi connectivity index (χ3v) is 1.64. The second-order valence-corrected chi connectivity index (χ2v) is 2.21. The molecule has 0 saturated carbocycles. The molecule has 1 aliphatic heterocycles. The molecule has 1 amide bonds. The van der Waals surface area contributed by atoms with Crippen LogP contribution in [0.15, 0.2) is 0 Å². The number of alkyl halides is 1. The highest BCUT2D eigenvalue weighted by Crippen LogP contribution is 2.01. The van der Waals surface area contributed by atoms with Crippen molar-refractivity contribution in [3.63, 3.8) is 0 Å². The Bertz CT molecular complexity index is 106. The minimum atomic E-state index is -0.311. The van der Waals surface area contributed by atoms with Crippen molar-refractivity contribution in [3.8, 4) is 0 Å². The summed E-state index contributed by atoms with van der Waals surface area (Å²) in [4.78, 5) is 10.3. The van der Waals surface area contributed by atoms with E-state index in [2.05, 4.69) is 21.2 Å². The highest BCUT2D eigenvalue weighted by atomic mass is 79.9. The number of carbonyl (C=O) groups excluding carboxylic acids is 1. The fraction of sp³-hybridized carbons (Fsp3) is 0.750. The van der Waals surface area contributed by atoms with Crippen LogP contribution >= 0.6 is 15.9 Å². The van der Waals surface area contributed by atoms with Gasteiger partial charge in [-0.05, 0) is 0 Å². The maximum atomic E-state index is 10.3. The van der Waals surface area contributed by atoms with Crippen molar-refractivity contribution in [2.24, 2.45) is 0 Å². The molecule has 46 valence electrons. The van der Waals surface area contributed by atoms with E-state index in [4.69, 9.17) is 4.74 Å². The Morgan fingerprint density at radius 3 is 3.00 bits per heavy atom. The van der Waals surface area contributed by atoms with Crippen molar-refractivity contribution in [2.45, 2.75) is 6.10 Å². The zero-order chi connectivity index (χ0) is 5.98. The van der Waals surface area contributed by atoms with E-state index in [1.54, 1.807) is 0 Å². The van der Waals surface area contributed by atoms with Crippen LogP contribution in [-0.2, 0) is 4.74 Å².